The van der Waals surface area contributed by atoms with Crippen LogP contribution < -0.4 is 10.6 Å². The Bertz CT molecular complexity index is 344. The molecule has 0 aliphatic rings. The van der Waals surface area contributed by atoms with Crippen molar-refractivity contribution in [3.63, 3.8) is 0 Å². The summed E-state index contributed by atoms with van der Waals surface area (Å²) in [6, 6.07) is 2.09. The number of thiophene rings is 1. The monoisotopic (exact) mass is 336 g/mol. The molecule has 0 fully saturated rings. The molecule has 0 aliphatic carbocycles. The summed E-state index contributed by atoms with van der Waals surface area (Å²) >= 11 is 10.3. The highest BCUT2D eigenvalue weighted by atomic mass is 79.9. The van der Waals surface area contributed by atoms with Crippen molar-refractivity contribution in [2.24, 2.45) is 0 Å². The number of nitrogens with one attached hydrogen (secondary N) is 2. The number of hydrogen-bond acceptors (Lipinski definition) is 3. The second-order valence-electron chi connectivity index (χ2n) is 3.39. The average molecular weight is 337 g/mol. The van der Waals surface area contributed by atoms with Crippen molar-refractivity contribution in [2.75, 3.05) is 19.8 Å². The van der Waals surface area contributed by atoms with Crippen LogP contribution in [0, 0.1) is 0 Å². The van der Waals surface area contributed by atoms with E-state index in [9.17, 15) is 0 Å². The molecule has 0 saturated carbocycles. The lowest BCUT2D eigenvalue weighted by Gasteiger charge is -2.09. The molecule has 2 N–H and O–H groups in total. The van der Waals surface area contributed by atoms with Gasteiger partial charge in [0.05, 0.1) is 6.54 Å². The molecule has 0 bridgehead atoms. The summed E-state index contributed by atoms with van der Waals surface area (Å²) in [5.41, 5.74) is 0. The van der Waals surface area contributed by atoms with E-state index in [1.165, 1.54) is 4.88 Å². The second kappa shape index (κ2) is 8.85. The Balaban J connectivity index is 2.05. The van der Waals surface area contributed by atoms with Gasteiger partial charge in [-0.3, -0.25) is 0 Å². The highest BCUT2D eigenvalue weighted by Gasteiger charge is 1.99. The lowest BCUT2D eigenvalue weighted by atomic mass is 10.4. The number of thiocarbonyl (C=S) groups is 1. The van der Waals surface area contributed by atoms with Gasteiger partial charge in [-0.2, -0.15) is 0 Å². The first-order chi connectivity index (χ1) is 8.22. The van der Waals surface area contributed by atoms with Gasteiger partial charge in [-0.1, -0.05) is 0 Å². The molecule has 1 heterocycles. The van der Waals surface area contributed by atoms with Gasteiger partial charge in [0.15, 0.2) is 5.11 Å². The minimum atomic E-state index is 0.700. The van der Waals surface area contributed by atoms with E-state index in [1.807, 2.05) is 6.92 Å². The maximum absolute atomic E-state index is 5.24. The van der Waals surface area contributed by atoms with Crippen molar-refractivity contribution in [3.05, 3.63) is 20.8 Å². The molecule has 0 saturated heterocycles. The first-order valence-corrected chi connectivity index (χ1v) is 7.62. The topological polar surface area (TPSA) is 33.3 Å². The van der Waals surface area contributed by atoms with Crippen LogP contribution in [0.5, 0.6) is 0 Å². The van der Waals surface area contributed by atoms with Gasteiger partial charge in [-0.05, 0) is 47.6 Å². The number of ether oxygens (including phenoxy) is 1. The van der Waals surface area contributed by atoms with Crippen molar-refractivity contribution in [3.8, 4) is 0 Å². The van der Waals surface area contributed by atoms with Gasteiger partial charge in [-0.25, -0.2) is 0 Å². The van der Waals surface area contributed by atoms with E-state index in [0.29, 0.717) is 5.11 Å². The SMILES string of the molecule is CCOCCCNC(=S)NCc1cc(Br)cs1. The summed E-state index contributed by atoms with van der Waals surface area (Å²) in [6.45, 7) is 5.17. The smallest absolute Gasteiger partial charge is 0.166 e. The number of rotatable bonds is 7. The third-order valence-corrected chi connectivity index (χ3v) is 3.99. The lowest BCUT2D eigenvalue weighted by molar-refractivity contribution is 0.145. The van der Waals surface area contributed by atoms with Crippen LogP contribution in [0.1, 0.15) is 18.2 Å². The molecule has 17 heavy (non-hydrogen) atoms. The zero-order valence-corrected chi connectivity index (χ0v) is 13.0. The second-order valence-corrected chi connectivity index (χ2v) is 5.71. The van der Waals surface area contributed by atoms with Crippen molar-refractivity contribution < 1.29 is 4.74 Å². The Hall–Kier alpha value is -0.170. The van der Waals surface area contributed by atoms with Crippen molar-refractivity contribution in [1.29, 1.82) is 0 Å². The maximum Gasteiger partial charge on any atom is 0.166 e. The number of halogens is 1. The third kappa shape index (κ3) is 6.98. The zero-order chi connectivity index (χ0) is 12.5. The molecule has 6 heteroatoms. The van der Waals surface area contributed by atoms with Gasteiger partial charge in [0.2, 0.25) is 0 Å². The van der Waals surface area contributed by atoms with Gasteiger partial charge in [0, 0.05) is 34.5 Å². The summed E-state index contributed by atoms with van der Waals surface area (Å²) in [5, 5.41) is 9.09. The predicted octanol–water partition coefficient (Wildman–Crippen LogP) is 2.90. The Morgan fingerprint density at radius 3 is 3.00 bits per heavy atom. The summed E-state index contributed by atoms with van der Waals surface area (Å²) in [5.74, 6) is 0. The van der Waals surface area contributed by atoms with Crippen molar-refractivity contribution in [1.82, 2.24) is 10.6 Å². The highest BCUT2D eigenvalue weighted by Crippen LogP contribution is 2.19. The molecule has 96 valence electrons. The molecule has 0 atom stereocenters. The van der Waals surface area contributed by atoms with E-state index < -0.39 is 0 Å². The van der Waals surface area contributed by atoms with E-state index >= 15 is 0 Å². The van der Waals surface area contributed by atoms with Crippen LogP contribution in [0.25, 0.3) is 0 Å². The van der Waals surface area contributed by atoms with Crippen LogP contribution in [0.15, 0.2) is 15.9 Å². The van der Waals surface area contributed by atoms with Gasteiger partial charge >= 0.3 is 0 Å². The predicted molar refractivity (Wildman–Crippen MR) is 80.6 cm³/mol. The molecule has 0 amide bonds. The van der Waals surface area contributed by atoms with Gasteiger partial charge < -0.3 is 15.4 Å². The Labute approximate surface area is 120 Å². The van der Waals surface area contributed by atoms with E-state index in [0.717, 1.165) is 37.2 Å². The molecule has 1 aromatic rings. The average Bonchev–Trinajstić information content (AvgIpc) is 2.72. The van der Waals surface area contributed by atoms with E-state index in [1.54, 1.807) is 11.3 Å². The fourth-order valence-corrected chi connectivity index (χ4v) is 2.76. The molecule has 0 aliphatic heterocycles. The highest BCUT2D eigenvalue weighted by molar-refractivity contribution is 9.10. The first kappa shape index (κ1) is 14.9. The van der Waals surface area contributed by atoms with Crippen LogP contribution in [0.3, 0.4) is 0 Å². The van der Waals surface area contributed by atoms with Crippen molar-refractivity contribution in [2.45, 2.75) is 19.9 Å². The quantitative estimate of drug-likeness (QED) is 0.592. The first-order valence-electron chi connectivity index (χ1n) is 5.54. The minimum absolute atomic E-state index is 0.700. The summed E-state index contributed by atoms with van der Waals surface area (Å²) in [4.78, 5) is 1.26. The molecule has 0 radical (unpaired) electrons. The third-order valence-electron chi connectivity index (χ3n) is 2.00. The fourth-order valence-electron chi connectivity index (χ4n) is 1.20. The Kier molecular flexibility index (Phi) is 7.75. The number of hydrogen-bond donors (Lipinski definition) is 2. The standard InChI is InChI=1S/C11H17BrN2OS2/c1-2-15-5-3-4-13-11(16)14-7-10-6-9(12)8-17-10/h6,8H,2-5,7H2,1H3,(H2,13,14,16). The molecule has 0 unspecified atom stereocenters. The molecular formula is C11H17BrN2OS2. The Morgan fingerprint density at radius 2 is 2.35 bits per heavy atom. The van der Waals surface area contributed by atoms with Crippen LogP contribution >= 0.6 is 39.5 Å². The molecule has 0 aromatic carbocycles. The molecular weight excluding hydrogens is 320 g/mol. The van der Waals surface area contributed by atoms with E-state index in [4.69, 9.17) is 17.0 Å². The van der Waals surface area contributed by atoms with Crippen LogP contribution in [0.4, 0.5) is 0 Å². The molecule has 1 aromatic heterocycles. The fraction of sp³-hybridized carbons (Fsp3) is 0.545. The molecule has 1 rings (SSSR count). The van der Waals surface area contributed by atoms with Crippen LogP contribution in [-0.4, -0.2) is 24.9 Å². The summed E-state index contributed by atoms with van der Waals surface area (Å²) in [6.07, 6.45) is 0.972. The zero-order valence-electron chi connectivity index (χ0n) is 9.79. The van der Waals surface area contributed by atoms with Crippen LogP contribution in [0.2, 0.25) is 0 Å². The van der Waals surface area contributed by atoms with Crippen LogP contribution in [-0.2, 0) is 11.3 Å². The van der Waals surface area contributed by atoms with Crippen molar-refractivity contribution >= 4 is 44.6 Å². The van der Waals surface area contributed by atoms with Gasteiger partial charge in [0.1, 0.15) is 0 Å². The Morgan fingerprint density at radius 1 is 1.53 bits per heavy atom. The lowest BCUT2D eigenvalue weighted by Crippen LogP contribution is -2.35. The van der Waals surface area contributed by atoms with E-state index in [-0.39, 0.29) is 0 Å². The summed E-state index contributed by atoms with van der Waals surface area (Å²) in [7, 11) is 0. The van der Waals surface area contributed by atoms with Gasteiger partial charge in [0.25, 0.3) is 0 Å². The normalized spacial score (nSPS) is 10.2. The molecule has 0 spiro atoms. The molecule has 3 nitrogen and oxygen atoms in total. The largest absolute Gasteiger partial charge is 0.382 e. The summed E-state index contributed by atoms with van der Waals surface area (Å²) < 4.78 is 6.36. The van der Waals surface area contributed by atoms with Gasteiger partial charge in [-0.15, -0.1) is 11.3 Å². The maximum atomic E-state index is 5.24. The van der Waals surface area contributed by atoms with E-state index in [2.05, 4.69) is 38.0 Å². The minimum Gasteiger partial charge on any atom is -0.382 e.